The summed E-state index contributed by atoms with van der Waals surface area (Å²) in [7, 11) is 1.56. The Hall–Kier alpha value is -0.720. The summed E-state index contributed by atoms with van der Waals surface area (Å²) in [6.45, 7) is 8.80. The quantitative estimate of drug-likeness (QED) is 0.395. The molecule has 0 aliphatic rings. The molecule has 0 rings (SSSR count). The smallest absolute Gasteiger partial charge is 0.0766 e. The fraction of sp³-hybridized carbons (Fsp3) is 0.429. The van der Waals surface area contributed by atoms with E-state index >= 15 is 0 Å². The van der Waals surface area contributed by atoms with Crippen LogP contribution in [0.15, 0.2) is 25.5 Å². The van der Waals surface area contributed by atoms with Crippen molar-refractivity contribution >= 4 is 0 Å². The van der Waals surface area contributed by atoms with Crippen molar-refractivity contribution in [1.29, 1.82) is 0 Å². The molecule has 0 bridgehead atoms. The molecule has 0 amide bonds. The second-order valence-electron chi connectivity index (χ2n) is 1.10. The summed E-state index contributed by atoms with van der Waals surface area (Å²) in [6, 6.07) is 0. The van der Waals surface area contributed by atoms with Gasteiger partial charge >= 0.3 is 0 Å². The molecule has 0 heterocycles. The largest absolute Gasteiger partial charge is 0.505 e. The first-order valence-corrected chi connectivity index (χ1v) is 2.58. The normalized spacial score (nSPS) is 5.75. The van der Waals surface area contributed by atoms with E-state index in [4.69, 9.17) is 0 Å². The fourth-order valence-electron chi connectivity index (χ4n) is 0. The van der Waals surface area contributed by atoms with Crippen molar-refractivity contribution in [3.8, 4) is 0 Å². The maximum atomic E-state index is 4.31. The Morgan fingerprint density at radius 3 is 1.75 bits per heavy atom. The van der Waals surface area contributed by atoms with Crippen LogP contribution >= 0.6 is 0 Å². The van der Waals surface area contributed by atoms with E-state index in [9.17, 15) is 0 Å². The first-order valence-electron chi connectivity index (χ1n) is 2.58. The maximum absolute atomic E-state index is 4.31. The minimum atomic E-state index is 1.08. The van der Waals surface area contributed by atoms with Gasteiger partial charge in [-0.2, -0.15) is 0 Å². The molecule has 1 heteroatoms. The van der Waals surface area contributed by atoms with Gasteiger partial charge in [-0.1, -0.05) is 19.6 Å². The van der Waals surface area contributed by atoms with Crippen molar-refractivity contribution in [1.82, 2.24) is 0 Å². The van der Waals surface area contributed by atoms with E-state index in [0.717, 1.165) is 6.42 Å². The third kappa shape index (κ3) is 59.0. The highest BCUT2D eigenvalue weighted by Gasteiger charge is 1.45. The molecule has 8 heavy (non-hydrogen) atoms. The molecule has 0 aliphatic heterocycles. The average molecular weight is 114 g/mol. The number of rotatable bonds is 2. The van der Waals surface area contributed by atoms with Crippen molar-refractivity contribution in [2.45, 2.75) is 13.3 Å². The highest BCUT2D eigenvalue weighted by molar-refractivity contribution is 4.60. The molecule has 0 saturated heterocycles. The zero-order valence-electron chi connectivity index (χ0n) is 5.68. The Morgan fingerprint density at radius 1 is 1.50 bits per heavy atom. The van der Waals surface area contributed by atoms with Gasteiger partial charge in [0, 0.05) is 0 Å². The lowest BCUT2D eigenvalue weighted by Gasteiger charge is -1.73. The minimum absolute atomic E-state index is 1.08. The van der Waals surface area contributed by atoms with Crippen molar-refractivity contribution in [2.75, 3.05) is 7.11 Å². The van der Waals surface area contributed by atoms with Crippen LogP contribution < -0.4 is 0 Å². The van der Waals surface area contributed by atoms with Crippen LogP contribution in [-0.4, -0.2) is 7.11 Å². The van der Waals surface area contributed by atoms with Crippen molar-refractivity contribution < 1.29 is 4.74 Å². The molecule has 0 aromatic carbocycles. The predicted molar refractivity (Wildman–Crippen MR) is 37.7 cm³/mol. The van der Waals surface area contributed by atoms with Crippen LogP contribution in [0.4, 0.5) is 0 Å². The van der Waals surface area contributed by atoms with Crippen LogP contribution in [0.3, 0.4) is 0 Å². The van der Waals surface area contributed by atoms with Crippen LogP contribution in [-0.2, 0) is 4.74 Å². The molecular formula is C7H14O. The predicted octanol–water partition coefficient (Wildman–Crippen LogP) is 2.36. The fourth-order valence-corrected chi connectivity index (χ4v) is 0. The lowest BCUT2D eigenvalue weighted by molar-refractivity contribution is 0.339. The van der Waals surface area contributed by atoms with Gasteiger partial charge in [0.2, 0.25) is 0 Å². The average Bonchev–Trinajstić information content (AvgIpc) is 1.88. The van der Waals surface area contributed by atoms with Gasteiger partial charge in [-0.25, -0.2) is 0 Å². The number of ether oxygens (including phenoxy) is 1. The molecule has 48 valence electrons. The SMILES string of the molecule is C=CCC.C=COC. The zero-order valence-corrected chi connectivity index (χ0v) is 5.68. The summed E-state index contributed by atoms with van der Waals surface area (Å²) >= 11 is 0. The number of hydrogen-bond acceptors (Lipinski definition) is 1. The summed E-state index contributed by atoms with van der Waals surface area (Å²) in [5, 5.41) is 0. The second kappa shape index (κ2) is 16.3. The van der Waals surface area contributed by atoms with E-state index in [1.54, 1.807) is 7.11 Å². The second-order valence-corrected chi connectivity index (χ2v) is 1.10. The van der Waals surface area contributed by atoms with Crippen LogP contribution in [0.25, 0.3) is 0 Å². The number of allylic oxidation sites excluding steroid dienone is 1. The summed E-state index contributed by atoms with van der Waals surface area (Å²) < 4.78 is 4.31. The molecule has 0 aliphatic carbocycles. The molecule has 0 aromatic heterocycles. The van der Waals surface area contributed by atoms with Crippen LogP contribution in [0, 0.1) is 0 Å². The Kier molecular flexibility index (Phi) is 20.9. The monoisotopic (exact) mass is 114 g/mol. The Balaban J connectivity index is 0. The van der Waals surface area contributed by atoms with E-state index in [-0.39, 0.29) is 0 Å². The van der Waals surface area contributed by atoms with Gasteiger partial charge in [-0.15, -0.1) is 6.58 Å². The van der Waals surface area contributed by atoms with Gasteiger partial charge in [0.1, 0.15) is 0 Å². The van der Waals surface area contributed by atoms with Crippen molar-refractivity contribution in [3.63, 3.8) is 0 Å². The first kappa shape index (κ1) is 10.3. The van der Waals surface area contributed by atoms with E-state index in [0.29, 0.717) is 0 Å². The standard InChI is InChI=1S/C4H8.C3H6O/c2*1-3-4-2/h3H,1,4H2,2H3;3H,1H2,2H3. The first-order chi connectivity index (χ1) is 3.83. The summed E-state index contributed by atoms with van der Waals surface area (Å²) in [6.07, 6.45) is 4.33. The molecule has 1 nitrogen and oxygen atoms in total. The highest BCUT2D eigenvalue weighted by atomic mass is 16.5. The van der Waals surface area contributed by atoms with Crippen LogP contribution in [0.5, 0.6) is 0 Å². The van der Waals surface area contributed by atoms with Gasteiger partial charge in [0.15, 0.2) is 0 Å². The minimum Gasteiger partial charge on any atom is -0.505 e. The van der Waals surface area contributed by atoms with E-state index in [2.05, 4.69) is 24.8 Å². The summed E-state index contributed by atoms with van der Waals surface area (Å²) in [4.78, 5) is 0. The Labute approximate surface area is 51.7 Å². The Bertz CT molecular complexity index is 40.3. The Morgan fingerprint density at radius 2 is 1.75 bits per heavy atom. The van der Waals surface area contributed by atoms with E-state index in [1.165, 1.54) is 6.26 Å². The molecule has 0 fully saturated rings. The van der Waals surface area contributed by atoms with Crippen LogP contribution in [0.1, 0.15) is 13.3 Å². The van der Waals surface area contributed by atoms with E-state index in [1.807, 2.05) is 6.08 Å². The molecule has 0 saturated carbocycles. The third-order valence-electron chi connectivity index (χ3n) is 0.455. The summed E-state index contributed by atoms with van der Waals surface area (Å²) in [5.74, 6) is 0. The molecule has 0 spiro atoms. The highest BCUT2D eigenvalue weighted by Crippen LogP contribution is 1.66. The zero-order chi connectivity index (χ0) is 6.83. The molecule has 0 unspecified atom stereocenters. The molecular weight excluding hydrogens is 100 g/mol. The maximum Gasteiger partial charge on any atom is 0.0766 e. The lowest BCUT2D eigenvalue weighted by atomic mass is 10.5. The van der Waals surface area contributed by atoms with Gasteiger partial charge in [-0.05, 0) is 6.42 Å². The lowest BCUT2D eigenvalue weighted by Crippen LogP contribution is -1.54. The van der Waals surface area contributed by atoms with Gasteiger partial charge in [0.05, 0.1) is 13.4 Å². The van der Waals surface area contributed by atoms with Crippen molar-refractivity contribution in [3.05, 3.63) is 25.5 Å². The number of hydrogen-bond donors (Lipinski definition) is 0. The number of methoxy groups -OCH3 is 1. The third-order valence-corrected chi connectivity index (χ3v) is 0.455. The summed E-state index contributed by atoms with van der Waals surface area (Å²) in [5.41, 5.74) is 0. The van der Waals surface area contributed by atoms with Crippen LogP contribution in [0.2, 0.25) is 0 Å². The van der Waals surface area contributed by atoms with Gasteiger partial charge < -0.3 is 4.74 Å². The van der Waals surface area contributed by atoms with Crippen molar-refractivity contribution in [2.24, 2.45) is 0 Å². The molecule has 0 N–H and O–H groups in total. The van der Waals surface area contributed by atoms with E-state index < -0.39 is 0 Å². The molecule has 0 atom stereocenters. The molecule has 0 radical (unpaired) electrons. The topological polar surface area (TPSA) is 9.23 Å². The molecule has 0 aromatic rings. The van der Waals surface area contributed by atoms with Gasteiger partial charge in [-0.3, -0.25) is 0 Å². The van der Waals surface area contributed by atoms with Gasteiger partial charge in [0.25, 0.3) is 0 Å².